The molecule has 0 saturated carbocycles. The number of hydrogen-bond acceptors (Lipinski definition) is 2. The van der Waals surface area contributed by atoms with Crippen LogP contribution in [0.4, 0.5) is 8.78 Å². The van der Waals surface area contributed by atoms with Crippen LogP contribution in [0.15, 0.2) is 17.0 Å². The molecule has 0 spiro atoms. The van der Waals surface area contributed by atoms with E-state index in [0.717, 1.165) is 25.9 Å². The first-order valence-corrected chi connectivity index (χ1v) is 7.16. The van der Waals surface area contributed by atoms with Gasteiger partial charge in [0.15, 0.2) is 0 Å². The minimum atomic E-state index is -0.404. The molecule has 0 amide bonds. The van der Waals surface area contributed by atoms with Crippen molar-refractivity contribution in [2.24, 2.45) is 5.92 Å². The SMILES string of the molecule is CSc1ccc(F)c(CC2CCNCC2)c1F. The molecule has 0 bridgehead atoms. The third kappa shape index (κ3) is 2.99. The average Bonchev–Trinajstić information content (AvgIpc) is 2.36. The quantitative estimate of drug-likeness (QED) is 0.834. The van der Waals surface area contributed by atoms with E-state index in [0.29, 0.717) is 17.2 Å². The minimum absolute atomic E-state index is 0.267. The summed E-state index contributed by atoms with van der Waals surface area (Å²) in [5.74, 6) is -0.368. The van der Waals surface area contributed by atoms with Gasteiger partial charge in [-0.3, -0.25) is 0 Å². The predicted molar refractivity (Wildman–Crippen MR) is 67.4 cm³/mol. The van der Waals surface area contributed by atoms with Crippen LogP contribution in [-0.2, 0) is 6.42 Å². The minimum Gasteiger partial charge on any atom is -0.317 e. The second-order valence-corrected chi connectivity index (χ2v) is 5.29. The highest BCUT2D eigenvalue weighted by atomic mass is 32.2. The van der Waals surface area contributed by atoms with Crippen LogP contribution in [0.2, 0.25) is 0 Å². The summed E-state index contributed by atoms with van der Waals surface area (Å²) in [6, 6.07) is 2.90. The number of thioether (sulfide) groups is 1. The standard InChI is InChI=1S/C13H17F2NS/c1-17-12-3-2-11(14)10(13(12)15)8-9-4-6-16-7-5-9/h2-3,9,16H,4-8H2,1H3. The molecule has 0 radical (unpaired) electrons. The molecule has 0 unspecified atom stereocenters. The van der Waals surface area contributed by atoms with Crippen LogP contribution in [0, 0.1) is 17.6 Å². The Hall–Kier alpha value is -0.610. The Balaban J connectivity index is 2.18. The van der Waals surface area contributed by atoms with Gasteiger partial charge in [-0.2, -0.15) is 0 Å². The highest BCUT2D eigenvalue weighted by Crippen LogP contribution is 2.27. The van der Waals surface area contributed by atoms with Gasteiger partial charge in [-0.05, 0) is 56.7 Å². The number of rotatable bonds is 3. The summed E-state index contributed by atoms with van der Waals surface area (Å²) in [6.45, 7) is 1.91. The second-order valence-electron chi connectivity index (χ2n) is 4.44. The van der Waals surface area contributed by atoms with Crippen LogP contribution in [0.5, 0.6) is 0 Å². The Kier molecular flexibility index (Phi) is 4.40. The van der Waals surface area contributed by atoms with E-state index < -0.39 is 5.82 Å². The molecule has 1 aliphatic rings. The maximum atomic E-state index is 14.0. The van der Waals surface area contributed by atoms with Crippen molar-refractivity contribution in [3.63, 3.8) is 0 Å². The van der Waals surface area contributed by atoms with Crippen LogP contribution in [-0.4, -0.2) is 19.3 Å². The van der Waals surface area contributed by atoms with Gasteiger partial charge < -0.3 is 5.32 Å². The Morgan fingerprint density at radius 3 is 2.65 bits per heavy atom. The summed E-state index contributed by atoms with van der Waals surface area (Å²) in [5, 5.41) is 3.26. The highest BCUT2D eigenvalue weighted by molar-refractivity contribution is 7.98. The molecule has 1 heterocycles. The van der Waals surface area contributed by atoms with Crippen molar-refractivity contribution in [3.8, 4) is 0 Å². The largest absolute Gasteiger partial charge is 0.317 e. The van der Waals surface area contributed by atoms with Crippen LogP contribution < -0.4 is 5.32 Å². The van der Waals surface area contributed by atoms with Crippen LogP contribution in [0.25, 0.3) is 0 Å². The normalized spacial score (nSPS) is 17.4. The molecule has 1 aliphatic heterocycles. The smallest absolute Gasteiger partial charge is 0.142 e. The van der Waals surface area contributed by atoms with Crippen molar-refractivity contribution < 1.29 is 8.78 Å². The Morgan fingerprint density at radius 2 is 2.00 bits per heavy atom. The van der Waals surface area contributed by atoms with E-state index in [1.54, 1.807) is 0 Å². The lowest BCUT2D eigenvalue weighted by atomic mass is 9.90. The predicted octanol–water partition coefficient (Wildman–Crippen LogP) is 3.23. The fraction of sp³-hybridized carbons (Fsp3) is 0.538. The zero-order chi connectivity index (χ0) is 12.3. The van der Waals surface area contributed by atoms with Crippen molar-refractivity contribution >= 4 is 11.8 Å². The van der Waals surface area contributed by atoms with Gasteiger partial charge in [0.1, 0.15) is 11.6 Å². The van der Waals surface area contributed by atoms with E-state index in [-0.39, 0.29) is 11.4 Å². The van der Waals surface area contributed by atoms with Crippen molar-refractivity contribution in [2.45, 2.75) is 24.2 Å². The number of nitrogens with one attached hydrogen (secondary N) is 1. The monoisotopic (exact) mass is 257 g/mol. The molecule has 1 fully saturated rings. The third-order valence-electron chi connectivity index (χ3n) is 3.32. The van der Waals surface area contributed by atoms with Crippen LogP contribution >= 0.6 is 11.8 Å². The molecule has 0 aromatic heterocycles. The summed E-state index contributed by atoms with van der Waals surface area (Å²) < 4.78 is 27.7. The maximum Gasteiger partial charge on any atom is 0.142 e. The first-order chi connectivity index (χ1) is 8.22. The van der Waals surface area contributed by atoms with Crippen molar-refractivity contribution in [3.05, 3.63) is 29.3 Å². The van der Waals surface area contributed by atoms with E-state index in [2.05, 4.69) is 5.32 Å². The Labute approximate surface area is 105 Å². The molecule has 1 nitrogen and oxygen atoms in total. The van der Waals surface area contributed by atoms with Gasteiger partial charge in [-0.25, -0.2) is 8.78 Å². The molecular formula is C13H17F2NS. The van der Waals surface area contributed by atoms with Crippen molar-refractivity contribution in [1.29, 1.82) is 0 Å². The lowest BCUT2D eigenvalue weighted by Gasteiger charge is -2.23. The van der Waals surface area contributed by atoms with Crippen LogP contribution in [0.1, 0.15) is 18.4 Å². The number of hydrogen-bond donors (Lipinski definition) is 1. The first kappa shape index (κ1) is 12.8. The summed E-state index contributed by atoms with van der Waals surface area (Å²) in [5.41, 5.74) is 0.267. The molecule has 0 atom stereocenters. The summed E-state index contributed by atoms with van der Waals surface area (Å²) in [6.07, 6.45) is 4.34. The third-order valence-corrected chi connectivity index (χ3v) is 4.08. The molecule has 0 aliphatic carbocycles. The highest BCUT2D eigenvalue weighted by Gasteiger charge is 2.19. The van der Waals surface area contributed by atoms with E-state index in [1.807, 2.05) is 6.26 Å². The average molecular weight is 257 g/mol. The van der Waals surface area contributed by atoms with Crippen molar-refractivity contribution in [1.82, 2.24) is 5.32 Å². The topological polar surface area (TPSA) is 12.0 Å². The summed E-state index contributed by atoms with van der Waals surface area (Å²) >= 11 is 1.33. The Morgan fingerprint density at radius 1 is 1.29 bits per heavy atom. The molecule has 4 heteroatoms. The maximum absolute atomic E-state index is 14.0. The van der Waals surface area contributed by atoms with Gasteiger partial charge in [-0.15, -0.1) is 11.8 Å². The molecule has 94 valence electrons. The fourth-order valence-electron chi connectivity index (χ4n) is 2.30. The van der Waals surface area contributed by atoms with E-state index in [1.165, 1.54) is 23.9 Å². The number of halogens is 2. The number of piperidine rings is 1. The zero-order valence-corrected chi connectivity index (χ0v) is 10.7. The zero-order valence-electron chi connectivity index (χ0n) is 9.93. The molecule has 1 aromatic carbocycles. The lowest BCUT2D eigenvalue weighted by Crippen LogP contribution is -2.29. The summed E-state index contributed by atoms with van der Waals surface area (Å²) in [7, 11) is 0. The lowest BCUT2D eigenvalue weighted by molar-refractivity contribution is 0.362. The van der Waals surface area contributed by atoms with Gasteiger partial charge >= 0.3 is 0 Å². The molecule has 2 rings (SSSR count). The van der Waals surface area contributed by atoms with Crippen LogP contribution in [0.3, 0.4) is 0 Å². The molecular weight excluding hydrogens is 240 g/mol. The first-order valence-electron chi connectivity index (χ1n) is 5.94. The molecule has 1 saturated heterocycles. The fourth-order valence-corrected chi connectivity index (χ4v) is 2.80. The van der Waals surface area contributed by atoms with E-state index in [9.17, 15) is 8.78 Å². The number of benzene rings is 1. The van der Waals surface area contributed by atoms with Gasteiger partial charge in [0.25, 0.3) is 0 Å². The van der Waals surface area contributed by atoms with Gasteiger partial charge in [-0.1, -0.05) is 0 Å². The van der Waals surface area contributed by atoms with Gasteiger partial charge in [0.05, 0.1) is 0 Å². The van der Waals surface area contributed by atoms with Gasteiger partial charge in [0, 0.05) is 10.5 Å². The second kappa shape index (κ2) is 5.83. The Bertz CT molecular complexity index is 389. The molecule has 17 heavy (non-hydrogen) atoms. The van der Waals surface area contributed by atoms with Gasteiger partial charge in [0.2, 0.25) is 0 Å². The van der Waals surface area contributed by atoms with Crippen molar-refractivity contribution in [2.75, 3.05) is 19.3 Å². The summed E-state index contributed by atoms with van der Waals surface area (Å²) in [4.78, 5) is 0.537. The van der Waals surface area contributed by atoms with E-state index >= 15 is 0 Å². The molecule has 1 aromatic rings. The van der Waals surface area contributed by atoms with E-state index in [4.69, 9.17) is 0 Å². The molecule has 1 N–H and O–H groups in total.